The lowest BCUT2D eigenvalue weighted by Gasteiger charge is -2.17. The first-order valence-electron chi connectivity index (χ1n) is 8.36. The van der Waals surface area contributed by atoms with Crippen LogP contribution in [0.5, 0.6) is 40.2 Å². The lowest BCUT2D eigenvalue weighted by Crippen LogP contribution is -2.10. The molecule has 9 nitrogen and oxygen atoms in total. The smallest absolute Gasteiger partial charge is 0.239 e. The third-order valence-electron chi connectivity index (χ3n) is 4.39. The quantitative estimate of drug-likeness (QED) is 0.639. The highest BCUT2D eigenvalue weighted by Crippen LogP contribution is 2.51. The molecule has 0 aliphatic rings. The van der Waals surface area contributed by atoms with Crippen molar-refractivity contribution in [3.63, 3.8) is 0 Å². The maximum absolute atomic E-state index is 13.2. The fourth-order valence-corrected chi connectivity index (χ4v) is 3.11. The molecule has 0 spiro atoms. The van der Waals surface area contributed by atoms with Gasteiger partial charge in [0.15, 0.2) is 17.1 Å². The van der Waals surface area contributed by atoms with Crippen LogP contribution < -0.4 is 29.1 Å². The van der Waals surface area contributed by atoms with Crippen molar-refractivity contribution in [2.24, 2.45) is 0 Å². The summed E-state index contributed by atoms with van der Waals surface area (Å²) in [6, 6.07) is 4.28. The van der Waals surface area contributed by atoms with Crippen molar-refractivity contribution in [3.8, 4) is 51.6 Å². The third-order valence-corrected chi connectivity index (χ3v) is 4.39. The summed E-state index contributed by atoms with van der Waals surface area (Å²) in [5, 5.41) is 20.2. The summed E-state index contributed by atoms with van der Waals surface area (Å²) in [6.45, 7) is 0. The maximum Gasteiger partial charge on any atom is 0.239 e. The lowest BCUT2D eigenvalue weighted by atomic mass is 10.1. The largest absolute Gasteiger partial charge is 0.508 e. The minimum atomic E-state index is -0.657. The van der Waals surface area contributed by atoms with Gasteiger partial charge in [-0.25, -0.2) is 0 Å². The van der Waals surface area contributed by atoms with E-state index in [1.807, 2.05) is 0 Å². The lowest BCUT2D eigenvalue weighted by molar-refractivity contribution is 0.310. The van der Waals surface area contributed by atoms with E-state index in [1.165, 1.54) is 53.7 Å². The highest BCUT2D eigenvalue weighted by atomic mass is 16.5. The van der Waals surface area contributed by atoms with Crippen LogP contribution in [-0.4, -0.2) is 45.8 Å². The zero-order valence-electron chi connectivity index (χ0n) is 16.5. The molecule has 9 heteroatoms. The minimum Gasteiger partial charge on any atom is -0.508 e. The number of phenolic OH excluding ortho intramolecular Hbond substituents is 2. The van der Waals surface area contributed by atoms with Crippen LogP contribution in [0.15, 0.2) is 27.4 Å². The first kappa shape index (κ1) is 20.0. The highest BCUT2D eigenvalue weighted by molar-refractivity contribution is 5.96. The van der Waals surface area contributed by atoms with Gasteiger partial charge in [-0.15, -0.1) is 0 Å². The van der Waals surface area contributed by atoms with Crippen LogP contribution in [0.25, 0.3) is 22.3 Å². The zero-order valence-corrected chi connectivity index (χ0v) is 16.5. The van der Waals surface area contributed by atoms with Gasteiger partial charge in [0.05, 0.1) is 41.1 Å². The summed E-state index contributed by atoms with van der Waals surface area (Å²) in [7, 11) is 6.74. The third kappa shape index (κ3) is 3.00. The Morgan fingerprint density at radius 2 is 1.41 bits per heavy atom. The van der Waals surface area contributed by atoms with Crippen LogP contribution in [0, 0.1) is 0 Å². The number of methoxy groups -OCH3 is 5. The molecule has 0 atom stereocenters. The molecule has 0 saturated carbocycles. The molecule has 0 aliphatic carbocycles. The Morgan fingerprint density at radius 3 is 1.97 bits per heavy atom. The van der Waals surface area contributed by atoms with Crippen LogP contribution in [-0.2, 0) is 0 Å². The molecule has 3 aromatic rings. The minimum absolute atomic E-state index is 0.0202. The van der Waals surface area contributed by atoms with Crippen molar-refractivity contribution in [1.82, 2.24) is 0 Å². The molecule has 0 saturated heterocycles. The van der Waals surface area contributed by atoms with Gasteiger partial charge in [-0.05, 0) is 12.1 Å². The van der Waals surface area contributed by atoms with Crippen LogP contribution in [0.3, 0.4) is 0 Å². The van der Waals surface area contributed by atoms with E-state index in [-0.39, 0.29) is 51.2 Å². The molecule has 0 fully saturated rings. The van der Waals surface area contributed by atoms with E-state index in [1.54, 1.807) is 0 Å². The number of phenols is 2. The van der Waals surface area contributed by atoms with Crippen molar-refractivity contribution in [2.45, 2.75) is 0 Å². The van der Waals surface area contributed by atoms with E-state index in [9.17, 15) is 15.0 Å². The monoisotopic (exact) mass is 404 g/mol. The topological polar surface area (TPSA) is 117 Å². The Balaban J connectivity index is 2.54. The SMILES string of the molecule is COc1cc(O)ccc1-c1oc2c(OC)c(OC)c(OC)c(O)c2c(=O)c1OC. The average Bonchev–Trinajstić information content (AvgIpc) is 2.72. The first-order valence-corrected chi connectivity index (χ1v) is 8.36. The van der Waals surface area contributed by atoms with Gasteiger partial charge in [0.25, 0.3) is 0 Å². The number of fused-ring (bicyclic) bond motifs is 1. The van der Waals surface area contributed by atoms with E-state index in [0.717, 1.165) is 0 Å². The van der Waals surface area contributed by atoms with Crippen molar-refractivity contribution in [2.75, 3.05) is 35.5 Å². The molecule has 1 aromatic heterocycles. The number of hydrogen-bond donors (Lipinski definition) is 2. The van der Waals surface area contributed by atoms with Gasteiger partial charge >= 0.3 is 0 Å². The number of hydrogen-bond acceptors (Lipinski definition) is 9. The van der Waals surface area contributed by atoms with Gasteiger partial charge in [0, 0.05) is 6.07 Å². The second kappa shape index (κ2) is 7.70. The Bertz CT molecular complexity index is 1130. The molecular formula is C20H20O9. The second-order valence-corrected chi connectivity index (χ2v) is 5.83. The summed E-state index contributed by atoms with van der Waals surface area (Å²) in [5.74, 6) is -0.396. The van der Waals surface area contributed by atoms with Gasteiger partial charge in [0.1, 0.15) is 16.9 Å². The number of benzene rings is 2. The zero-order chi connectivity index (χ0) is 21.3. The standard InChI is InChI=1S/C20H20O9/c1-24-11-8-9(21)6-7-10(11)15-17(25-2)13(22)12-14(23)18(26-3)20(28-5)19(27-4)16(12)29-15/h6-8,21,23H,1-5H3. The average molecular weight is 404 g/mol. The molecule has 0 bridgehead atoms. The maximum atomic E-state index is 13.2. The number of aromatic hydroxyl groups is 2. The van der Waals surface area contributed by atoms with E-state index >= 15 is 0 Å². The summed E-state index contributed by atoms with van der Waals surface area (Å²) >= 11 is 0. The molecule has 3 rings (SSSR count). The molecule has 0 amide bonds. The molecule has 29 heavy (non-hydrogen) atoms. The molecule has 1 heterocycles. The van der Waals surface area contributed by atoms with Crippen LogP contribution in [0.2, 0.25) is 0 Å². The fourth-order valence-electron chi connectivity index (χ4n) is 3.11. The molecule has 0 unspecified atom stereocenters. The Hall–Kier alpha value is -3.75. The van der Waals surface area contributed by atoms with Crippen molar-refractivity contribution in [3.05, 3.63) is 28.4 Å². The molecule has 154 valence electrons. The van der Waals surface area contributed by atoms with Crippen LogP contribution in [0.4, 0.5) is 0 Å². The highest BCUT2D eigenvalue weighted by Gasteiger charge is 2.30. The van der Waals surface area contributed by atoms with Gasteiger partial charge in [-0.3, -0.25) is 4.79 Å². The van der Waals surface area contributed by atoms with Crippen molar-refractivity contribution < 1.29 is 38.3 Å². The Morgan fingerprint density at radius 1 is 0.793 bits per heavy atom. The van der Waals surface area contributed by atoms with Crippen LogP contribution in [0.1, 0.15) is 0 Å². The van der Waals surface area contributed by atoms with E-state index < -0.39 is 11.2 Å². The molecule has 2 aromatic carbocycles. The second-order valence-electron chi connectivity index (χ2n) is 5.83. The summed E-state index contributed by atoms with van der Waals surface area (Å²) in [4.78, 5) is 13.2. The normalized spacial score (nSPS) is 10.7. The summed E-state index contributed by atoms with van der Waals surface area (Å²) in [5.41, 5.74) is -0.383. The Kier molecular flexibility index (Phi) is 5.31. The van der Waals surface area contributed by atoms with Gasteiger partial charge in [0.2, 0.25) is 28.4 Å². The van der Waals surface area contributed by atoms with E-state index in [0.29, 0.717) is 5.56 Å². The van der Waals surface area contributed by atoms with Gasteiger partial charge in [-0.2, -0.15) is 0 Å². The molecule has 0 aliphatic heterocycles. The first-order chi connectivity index (χ1) is 13.9. The predicted molar refractivity (Wildman–Crippen MR) is 104 cm³/mol. The van der Waals surface area contributed by atoms with E-state index in [2.05, 4.69) is 0 Å². The van der Waals surface area contributed by atoms with Crippen molar-refractivity contribution in [1.29, 1.82) is 0 Å². The molecular weight excluding hydrogens is 384 g/mol. The van der Waals surface area contributed by atoms with Crippen LogP contribution >= 0.6 is 0 Å². The summed E-state index contributed by atoms with van der Waals surface area (Å²) < 4.78 is 32.4. The number of ether oxygens (including phenoxy) is 5. The van der Waals surface area contributed by atoms with Crippen molar-refractivity contribution >= 4 is 11.0 Å². The fraction of sp³-hybridized carbons (Fsp3) is 0.250. The van der Waals surface area contributed by atoms with Gasteiger partial charge < -0.3 is 38.3 Å². The predicted octanol–water partition coefficient (Wildman–Crippen LogP) is 2.91. The summed E-state index contributed by atoms with van der Waals surface area (Å²) in [6.07, 6.45) is 0. The van der Waals surface area contributed by atoms with Gasteiger partial charge in [-0.1, -0.05) is 0 Å². The molecule has 2 N–H and O–H groups in total. The van der Waals surface area contributed by atoms with E-state index in [4.69, 9.17) is 28.1 Å². The number of rotatable bonds is 6. The molecule has 0 radical (unpaired) electrons. The Labute approximate surface area is 165 Å².